The Hall–Kier alpha value is -1.10. The highest BCUT2D eigenvalue weighted by Gasteiger charge is 2.18. The van der Waals surface area contributed by atoms with E-state index in [0.717, 1.165) is 30.1 Å². The van der Waals surface area contributed by atoms with Crippen molar-refractivity contribution >= 4 is 17.7 Å². The number of carbonyl (C=O) groups excluding carboxylic acids is 1. The van der Waals surface area contributed by atoms with Crippen molar-refractivity contribution in [2.45, 2.75) is 63.1 Å². The van der Waals surface area contributed by atoms with Gasteiger partial charge >= 0.3 is 0 Å². The Morgan fingerprint density at radius 1 is 1.35 bits per heavy atom. The molecule has 1 aromatic heterocycles. The maximum atomic E-state index is 12.4. The highest BCUT2D eigenvalue weighted by molar-refractivity contribution is 7.98. The van der Waals surface area contributed by atoms with E-state index in [1.807, 2.05) is 13.2 Å². The van der Waals surface area contributed by atoms with Crippen molar-refractivity contribution in [1.82, 2.24) is 15.3 Å². The van der Waals surface area contributed by atoms with Crippen LogP contribution in [0.4, 0.5) is 0 Å². The van der Waals surface area contributed by atoms with Crippen molar-refractivity contribution in [3.63, 3.8) is 0 Å². The summed E-state index contributed by atoms with van der Waals surface area (Å²) < 4.78 is 0. The molecular formula is C15H23N3OS. The molecule has 20 heavy (non-hydrogen) atoms. The van der Waals surface area contributed by atoms with Crippen LogP contribution in [0.3, 0.4) is 0 Å². The highest BCUT2D eigenvalue weighted by atomic mass is 32.2. The number of aromatic nitrogens is 2. The van der Waals surface area contributed by atoms with Gasteiger partial charge in [-0.25, -0.2) is 9.97 Å². The monoisotopic (exact) mass is 293 g/mol. The number of hydrogen-bond donors (Lipinski definition) is 1. The van der Waals surface area contributed by atoms with E-state index in [1.165, 1.54) is 37.4 Å². The van der Waals surface area contributed by atoms with Crippen molar-refractivity contribution in [2.24, 2.45) is 0 Å². The topological polar surface area (TPSA) is 54.9 Å². The zero-order valence-electron chi connectivity index (χ0n) is 12.3. The summed E-state index contributed by atoms with van der Waals surface area (Å²) in [4.78, 5) is 21.1. The molecule has 0 aliphatic heterocycles. The van der Waals surface area contributed by atoms with Crippen LogP contribution < -0.4 is 5.32 Å². The summed E-state index contributed by atoms with van der Waals surface area (Å²) in [6, 6.07) is 0.315. The third-order valence-corrected chi connectivity index (χ3v) is 4.36. The first kappa shape index (κ1) is 15.3. The molecule has 0 unspecified atom stereocenters. The van der Waals surface area contributed by atoms with Gasteiger partial charge in [-0.1, -0.05) is 44.4 Å². The van der Waals surface area contributed by atoms with Crippen molar-refractivity contribution in [1.29, 1.82) is 0 Å². The number of carbonyl (C=O) groups is 1. The van der Waals surface area contributed by atoms with Crippen LogP contribution in [0.15, 0.2) is 11.4 Å². The van der Waals surface area contributed by atoms with Gasteiger partial charge in [0.25, 0.3) is 5.91 Å². The van der Waals surface area contributed by atoms with Crippen molar-refractivity contribution < 1.29 is 4.79 Å². The molecule has 0 radical (unpaired) electrons. The standard InChI is InChI=1S/C15H23N3OS/c1-3-13-12(10-16-15(18-13)20-2)14(19)17-11-8-6-4-5-7-9-11/h10-11H,3-9H2,1-2H3,(H,17,19). The summed E-state index contributed by atoms with van der Waals surface area (Å²) in [6.45, 7) is 2.02. The Morgan fingerprint density at radius 3 is 2.65 bits per heavy atom. The molecule has 1 amide bonds. The Morgan fingerprint density at radius 2 is 2.05 bits per heavy atom. The first-order valence-electron chi connectivity index (χ1n) is 7.45. The van der Waals surface area contributed by atoms with Crippen LogP contribution in [0.2, 0.25) is 0 Å². The molecule has 1 aliphatic rings. The molecule has 1 aromatic rings. The van der Waals surface area contributed by atoms with E-state index in [-0.39, 0.29) is 5.91 Å². The fraction of sp³-hybridized carbons (Fsp3) is 0.667. The van der Waals surface area contributed by atoms with E-state index in [4.69, 9.17) is 0 Å². The van der Waals surface area contributed by atoms with Crippen molar-refractivity contribution in [3.05, 3.63) is 17.5 Å². The van der Waals surface area contributed by atoms with Gasteiger partial charge in [0.05, 0.1) is 11.3 Å². The van der Waals surface area contributed by atoms with Crippen molar-refractivity contribution in [3.8, 4) is 0 Å². The van der Waals surface area contributed by atoms with Gasteiger partial charge in [-0.3, -0.25) is 4.79 Å². The number of rotatable bonds is 4. The normalized spacial score (nSPS) is 16.7. The van der Waals surface area contributed by atoms with Gasteiger partial charge in [-0.15, -0.1) is 0 Å². The maximum Gasteiger partial charge on any atom is 0.254 e. The molecule has 0 aromatic carbocycles. The van der Waals surface area contributed by atoms with Crippen LogP contribution >= 0.6 is 11.8 Å². The summed E-state index contributed by atoms with van der Waals surface area (Å²) in [6.07, 6.45) is 11.6. The number of amides is 1. The van der Waals surface area contributed by atoms with E-state index in [0.29, 0.717) is 11.6 Å². The van der Waals surface area contributed by atoms with Crippen LogP contribution in [0, 0.1) is 0 Å². The lowest BCUT2D eigenvalue weighted by molar-refractivity contribution is 0.0931. The smallest absolute Gasteiger partial charge is 0.254 e. The van der Waals surface area contributed by atoms with Gasteiger partial charge in [-0.2, -0.15) is 0 Å². The molecule has 1 saturated carbocycles. The lowest BCUT2D eigenvalue weighted by atomic mass is 10.1. The number of hydrogen-bond acceptors (Lipinski definition) is 4. The third kappa shape index (κ3) is 3.95. The zero-order chi connectivity index (χ0) is 14.4. The average molecular weight is 293 g/mol. The molecule has 1 aliphatic carbocycles. The predicted molar refractivity (Wildman–Crippen MR) is 82.1 cm³/mol. The molecule has 1 fully saturated rings. The van der Waals surface area contributed by atoms with E-state index in [2.05, 4.69) is 15.3 Å². The second-order valence-electron chi connectivity index (χ2n) is 5.23. The fourth-order valence-electron chi connectivity index (χ4n) is 2.64. The summed E-state index contributed by atoms with van der Waals surface area (Å²) >= 11 is 1.50. The summed E-state index contributed by atoms with van der Waals surface area (Å²) in [5, 5.41) is 3.89. The molecule has 1 heterocycles. The molecule has 0 saturated heterocycles. The third-order valence-electron chi connectivity index (χ3n) is 3.80. The largest absolute Gasteiger partial charge is 0.349 e. The quantitative estimate of drug-likeness (QED) is 0.526. The van der Waals surface area contributed by atoms with Crippen LogP contribution in [0.1, 0.15) is 61.5 Å². The van der Waals surface area contributed by atoms with Gasteiger partial charge in [0.1, 0.15) is 0 Å². The zero-order valence-corrected chi connectivity index (χ0v) is 13.1. The predicted octanol–water partition coefficient (Wildman–Crippen LogP) is 3.21. The lowest BCUT2D eigenvalue weighted by Crippen LogP contribution is -2.35. The minimum atomic E-state index is -0.0126. The molecule has 110 valence electrons. The fourth-order valence-corrected chi connectivity index (χ4v) is 3.00. The minimum Gasteiger partial charge on any atom is -0.349 e. The van der Waals surface area contributed by atoms with Gasteiger partial charge in [-0.05, 0) is 25.5 Å². The number of thioether (sulfide) groups is 1. The molecule has 0 bridgehead atoms. The first-order chi connectivity index (χ1) is 9.74. The Kier molecular flexibility index (Phi) is 5.83. The molecule has 0 atom stereocenters. The summed E-state index contributed by atoms with van der Waals surface area (Å²) in [7, 11) is 0. The highest BCUT2D eigenvalue weighted by Crippen LogP contribution is 2.18. The molecule has 4 nitrogen and oxygen atoms in total. The molecular weight excluding hydrogens is 270 g/mol. The maximum absolute atomic E-state index is 12.4. The molecule has 2 rings (SSSR count). The van der Waals surface area contributed by atoms with Gasteiger partial charge in [0.2, 0.25) is 0 Å². The Balaban J connectivity index is 2.07. The SMILES string of the molecule is CCc1nc(SC)ncc1C(=O)NC1CCCCCC1. The van der Waals surface area contributed by atoms with E-state index in [1.54, 1.807) is 6.20 Å². The Bertz CT molecular complexity index is 456. The first-order valence-corrected chi connectivity index (χ1v) is 8.67. The van der Waals surface area contributed by atoms with Gasteiger partial charge < -0.3 is 5.32 Å². The van der Waals surface area contributed by atoms with Crippen molar-refractivity contribution in [2.75, 3.05) is 6.26 Å². The molecule has 5 heteroatoms. The summed E-state index contributed by atoms with van der Waals surface area (Å²) in [5.41, 5.74) is 1.48. The minimum absolute atomic E-state index is 0.0126. The second-order valence-corrected chi connectivity index (χ2v) is 6.01. The van der Waals surface area contributed by atoms with Crippen LogP contribution in [0.25, 0.3) is 0 Å². The summed E-state index contributed by atoms with van der Waals surface area (Å²) in [5.74, 6) is -0.0126. The van der Waals surface area contributed by atoms with Gasteiger partial charge in [0.15, 0.2) is 5.16 Å². The van der Waals surface area contributed by atoms with Crippen LogP contribution in [-0.2, 0) is 6.42 Å². The van der Waals surface area contributed by atoms with Crippen LogP contribution in [0.5, 0.6) is 0 Å². The second kappa shape index (κ2) is 7.62. The van der Waals surface area contributed by atoms with Crippen LogP contribution in [-0.4, -0.2) is 28.2 Å². The van der Waals surface area contributed by atoms with Gasteiger partial charge in [0, 0.05) is 12.2 Å². The average Bonchev–Trinajstić information content (AvgIpc) is 2.75. The number of nitrogens with one attached hydrogen (secondary N) is 1. The Labute approximate surface area is 125 Å². The molecule has 1 N–H and O–H groups in total. The van der Waals surface area contributed by atoms with E-state index >= 15 is 0 Å². The van der Waals surface area contributed by atoms with E-state index in [9.17, 15) is 4.79 Å². The molecule has 0 spiro atoms. The lowest BCUT2D eigenvalue weighted by Gasteiger charge is -2.17. The van der Waals surface area contributed by atoms with E-state index < -0.39 is 0 Å². The number of aryl methyl sites for hydroxylation is 1. The number of nitrogens with zero attached hydrogens (tertiary/aromatic N) is 2.